The molecular weight excluding hydrogens is 172 g/mol. The maximum atomic E-state index is 12.4. The molecule has 0 unspecified atom stereocenters. The van der Waals surface area contributed by atoms with Crippen molar-refractivity contribution >= 4 is 17.3 Å². The third-order valence-corrected chi connectivity index (χ3v) is 1.41. The third kappa shape index (κ3) is 1.47. The van der Waals surface area contributed by atoms with Crippen LogP contribution in [0.4, 0.5) is 14.5 Å². The minimum atomic E-state index is -1.06. The number of rotatable bonds is 0. The van der Waals surface area contributed by atoms with Gasteiger partial charge in [0.05, 0.1) is 11.6 Å². The molecule has 1 nitrogen and oxygen atoms in total. The fraction of sp³-hybridized carbons (Fsp3) is 0. The molecule has 1 aromatic carbocycles. The maximum Gasteiger partial charge on any atom is 0.208 e. The first-order valence-electron chi connectivity index (χ1n) is 2.67. The van der Waals surface area contributed by atoms with Gasteiger partial charge in [0.1, 0.15) is 5.82 Å². The SMILES string of the molecule is [C-]#[N+]c1cc(F)c(F)cc1Cl. The highest BCUT2D eigenvalue weighted by Crippen LogP contribution is 2.26. The van der Waals surface area contributed by atoms with E-state index in [0.717, 1.165) is 12.1 Å². The molecule has 0 N–H and O–H groups in total. The quantitative estimate of drug-likeness (QED) is 0.419. The average molecular weight is 174 g/mol. The van der Waals surface area contributed by atoms with E-state index >= 15 is 0 Å². The van der Waals surface area contributed by atoms with Crippen molar-refractivity contribution in [2.45, 2.75) is 0 Å². The Hall–Kier alpha value is -1.14. The molecule has 0 bridgehead atoms. The number of hydrogen-bond acceptors (Lipinski definition) is 0. The molecule has 0 atom stereocenters. The molecule has 0 spiro atoms. The molecule has 0 amide bonds. The van der Waals surface area contributed by atoms with Gasteiger partial charge in [-0.25, -0.2) is 13.6 Å². The van der Waals surface area contributed by atoms with Crippen LogP contribution in [-0.2, 0) is 0 Å². The van der Waals surface area contributed by atoms with Gasteiger partial charge >= 0.3 is 0 Å². The summed E-state index contributed by atoms with van der Waals surface area (Å²) in [5.41, 5.74) is -0.0782. The van der Waals surface area contributed by atoms with Crippen molar-refractivity contribution in [1.82, 2.24) is 0 Å². The summed E-state index contributed by atoms with van der Waals surface area (Å²) in [5.74, 6) is -2.09. The van der Waals surface area contributed by atoms with Crippen LogP contribution in [0.3, 0.4) is 0 Å². The summed E-state index contributed by atoms with van der Waals surface area (Å²) in [7, 11) is 0. The van der Waals surface area contributed by atoms with Gasteiger partial charge in [0, 0.05) is 0 Å². The average Bonchev–Trinajstić information content (AvgIpc) is 1.97. The van der Waals surface area contributed by atoms with Crippen molar-refractivity contribution in [2.24, 2.45) is 0 Å². The number of hydrogen-bond donors (Lipinski definition) is 0. The largest absolute Gasteiger partial charge is 0.236 e. The van der Waals surface area contributed by atoms with Gasteiger partial charge in [0.25, 0.3) is 0 Å². The van der Waals surface area contributed by atoms with E-state index in [2.05, 4.69) is 4.85 Å². The predicted octanol–water partition coefficient (Wildman–Crippen LogP) is 3.17. The van der Waals surface area contributed by atoms with Crippen LogP contribution >= 0.6 is 11.6 Å². The summed E-state index contributed by atoms with van der Waals surface area (Å²) in [6.07, 6.45) is 0. The van der Waals surface area contributed by atoms with Crippen molar-refractivity contribution < 1.29 is 8.78 Å². The number of nitrogens with zero attached hydrogens (tertiary/aromatic N) is 1. The normalized spacial score (nSPS) is 9.27. The second-order valence-electron chi connectivity index (χ2n) is 1.83. The van der Waals surface area contributed by atoms with Crippen LogP contribution in [0.1, 0.15) is 0 Å². The van der Waals surface area contributed by atoms with Gasteiger partial charge in [-0.1, -0.05) is 11.6 Å². The first-order chi connectivity index (χ1) is 5.15. The highest BCUT2D eigenvalue weighted by Gasteiger charge is 2.06. The Labute approximate surface area is 67.0 Å². The van der Waals surface area contributed by atoms with Gasteiger partial charge in [0.15, 0.2) is 5.82 Å². The van der Waals surface area contributed by atoms with Crippen LogP contribution in [0, 0.1) is 18.2 Å². The first-order valence-corrected chi connectivity index (χ1v) is 3.05. The molecule has 4 heteroatoms. The standard InChI is InChI=1S/C7H2ClF2N/c1-11-7-3-6(10)5(9)2-4(7)8/h2-3H. The van der Waals surface area contributed by atoms with Crippen molar-refractivity contribution in [3.8, 4) is 0 Å². The molecule has 0 aromatic heterocycles. The Balaban J connectivity index is 3.35. The minimum absolute atomic E-state index is 0.0705. The molecule has 0 fully saturated rings. The molecule has 1 rings (SSSR count). The smallest absolute Gasteiger partial charge is 0.208 e. The van der Waals surface area contributed by atoms with Crippen molar-refractivity contribution in [2.75, 3.05) is 0 Å². The van der Waals surface area contributed by atoms with Crippen LogP contribution in [0.5, 0.6) is 0 Å². The van der Waals surface area contributed by atoms with E-state index in [1.54, 1.807) is 0 Å². The van der Waals surface area contributed by atoms with Crippen LogP contribution < -0.4 is 0 Å². The van der Waals surface area contributed by atoms with Gasteiger partial charge in [-0.3, -0.25) is 0 Å². The summed E-state index contributed by atoms with van der Waals surface area (Å²) in [6, 6.07) is 1.55. The van der Waals surface area contributed by atoms with Crippen molar-refractivity contribution in [3.63, 3.8) is 0 Å². The highest BCUT2D eigenvalue weighted by molar-refractivity contribution is 6.33. The minimum Gasteiger partial charge on any atom is -0.236 e. The molecule has 0 saturated heterocycles. The van der Waals surface area contributed by atoms with Crippen LogP contribution in [0.25, 0.3) is 4.85 Å². The number of benzene rings is 1. The van der Waals surface area contributed by atoms with Gasteiger partial charge in [-0.15, -0.1) is 0 Å². The van der Waals surface area contributed by atoms with E-state index in [0.29, 0.717) is 0 Å². The Morgan fingerprint density at radius 1 is 1.27 bits per heavy atom. The van der Waals surface area contributed by atoms with Gasteiger partial charge in [0.2, 0.25) is 5.69 Å². The Morgan fingerprint density at radius 3 is 2.36 bits per heavy atom. The van der Waals surface area contributed by atoms with Crippen molar-refractivity contribution in [3.05, 3.63) is 40.2 Å². The van der Waals surface area contributed by atoms with Gasteiger partial charge in [-0.2, -0.15) is 0 Å². The second-order valence-corrected chi connectivity index (χ2v) is 2.24. The van der Waals surface area contributed by atoms with E-state index < -0.39 is 11.6 Å². The summed E-state index contributed by atoms with van der Waals surface area (Å²) in [6.45, 7) is 6.50. The molecule has 0 heterocycles. The van der Waals surface area contributed by atoms with Crippen LogP contribution in [0.15, 0.2) is 12.1 Å². The van der Waals surface area contributed by atoms with Crippen LogP contribution in [-0.4, -0.2) is 0 Å². The molecule has 0 saturated carbocycles. The fourth-order valence-electron chi connectivity index (χ4n) is 0.598. The Bertz CT molecular complexity index is 330. The van der Waals surface area contributed by atoms with Crippen molar-refractivity contribution in [1.29, 1.82) is 0 Å². The molecule has 1 aromatic rings. The van der Waals surface area contributed by atoms with E-state index in [4.69, 9.17) is 18.2 Å². The summed E-state index contributed by atoms with van der Waals surface area (Å²) < 4.78 is 24.7. The summed E-state index contributed by atoms with van der Waals surface area (Å²) in [5, 5.41) is -0.0705. The maximum absolute atomic E-state index is 12.4. The Morgan fingerprint density at radius 2 is 1.82 bits per heavy atom. The monoisotopic (exact) mass is 173 g/mol. The predicted molar refractivity (Wildman–Crippen MR) is 37.6 cm³/mol. The van der Waals surface area contributed by atoms with E-state index in [9.17, 15) is 8.78 Å². The van der Waals surface area contributed by atoms with Crippen LogP contribution in [0.2, 0.25) is 5.02 Å². The Kier molecular flexibility index (Phi) is 2.06. The molecule has 11 heavy (non-hydrogen) atoms. The fourth-order valence-corrected chi connectivity index (χ4v) is 0.790. The lowest BCUT2D eigenvalue weighted by atomic mass is 10.3. The lowest BCUT2D eigenvalue weighted by Gasteiger charge is -1.95. The zero-order valence-electron chi connectivity index (χ0n) is 5.24. The molecule has 0 aliphatic rings. The summed E-state index contributed by atoms with van der Waals surface area (Å²) >= 11 is 5.38. The van der Waals surface area contributed by atoms with Gasteiger partial charge in [-0.05, 0) is 12.1 Å². The first kappa shape index (κ1) is 7.96. The molecular formula is C7H2ClF2N. The third-order valence-electron chi connectivity index (χ3n) is 1.11. The van der Waals surface area contributed by atoms with E-state index in [-0.39, 0.29) is 10.7 Å². The zero-order chi connectivity index (χ0) is 8.43. The highest BCUT2D eigenvalue weighted by atomic mass is 35.5. The van der Waals surface area contributed by atoms with Gasteiger partial charge < -0.3 is 0 Å². The topological polar surface area (TPSA) is 4.36 Å². The molecule has 0 radical (unpaired) electrons. The lowest BCUT2D eigenvalue weighted by molar-refractivity contribution is 0.509. The number of halogens is 3. The molecule has 0 aliphatic heterocycles. The lowest BCUT2D eigenvalue weighted by Crippen LogP contribution is -1.81. The van der Waals surface area contributed by atoms with E-state index in [1.807, 2.05) is 0 Å². The molecule has 56 valence electrons. The zero-order valence-corrected chi connectivity index (χ0v) is 5.99. The second kappa shape index (κ2) is 2.85. The molecule has 0 aliphatic carbocycles. The summed E-state index contributed by atoms with van der Waals surface area (Å²) in [4.78, 5) is 2.88. The van der Waals surface area contributed by atoms with E-state index in [1.165, 1.54) is 0 Å².